The average Bonchev–Trinajstić information content (AvgIpc) is 3.17. The van der Waals surface area contributed by atoms with Gasteiger partial charge in [-0.2, -0.15) is 0 Å². The van der Waals surface area contributed by atoms with Gasteiger partial charge < -0.3 is 10.1 Å². The highest BCUT2D eigenvalue weighted by atomic mass is 32.2. The molecule has 186 valence electrons. The number of ether oxygens (including phenoxy) is 1. The van der Waals surface area contributed by atoms with E-state index in [0.717, 1.165) is 32.7 Å². The molecule has 1 aromatic heterocycles. The number of hydrogen-bond acceptors (Lipinski definition) is 6. The van der Waals surface area contributed by atoms with E-state index >= 15 is 0 Å². The molecule has 0 spiro atoms. The minimum atomic E-state index is -3.94. The van der Waals surface area contributed by atoms with Gasteiger partial charge in [0.25, 0.3) is 15.9 Å². The molecule has 1 N–H and O–H groups in total. The van der Waals surface area contributed by atoms with E-state index in [1.54, 1.807) is 59.2 Å². The fraction of sp³-hybridized carbons (Fsp3) is 0.231. The molecule has 1 unspecified atom stereocenters. The zero-order valence-electron chi connectivity index (χ0n) is 20.0. The maximum Gasteiger partial charge on any atom is 0.308 e. The second-order valence-electron chi connectivity index (χ2n) is 8.71. The molecule has 1 amide bonds. The molecule has 2 heterocycles. The summed E-state index contributed by atoms with van der Waals surface area (Å²) in [4.78, 5) is 25.5. The number of anilines is 2. The highest BCUT2D eigenvalue weighted by Gasteiger charge is 2.37. The highest BCUT2D eigenvalue weighted by molar-refractivity contribution is 7.92. The van der Waals surface area contributed by atoms with Gasteiger partial charge in [-0.1, -0.05) is 35.1 Å². The van der Waals surface area contributed by atoms with Gasteiger partial charge in [0.05, 0.1) is 27.3 Å². The monoisotopic (exact) mass is 523 g/mol. The molecule has 0 aliphatic carbocycles. The van der Waals surface area contributed by atoms with Crippen molar-refractivity contribution in [1.82, 2.24) is 4.57 Å². The molecule has 3 aromatic carbocycles. The Balaban J connectivity index is 1.47. The van der Waals surface area contributed by atoms with E-state index in [-0.39, 0.29) is 16.3 Å². The van der Waals surface area contributed by atoms with Crippen LogP contribution >= 0.6 is 11.3 Å². The summed E-state index contributed by atoms with van der Waals surface area (Å²) in [6.07, 6.45) is -1.07. The van der Waals surface area contributed by atoms with Crippen LogP contribution in [-0.2, 0) is 21.4 Å². The molecule has 5 rings (SSSR count). The van der Waals surface area contributed by atoms with Crippen molar-refractivity contribution in [2.24, 2.45) is 0 Å². The smallest absolute Gasteiger partial charge is 0.308 e. The molecule has 4 aromatic rings. The summed E-state index contributed by atoms with van der Waals surface area (Å²) in [5.41, 5.74) is 3.52. The van der Waals surface area contributed by atoms with Crippen molar-refractivity contribution < 1.29 is 17.9 Å². The predicted molar refractivity (Wildman–Crippen MR) is 142 cm³/mol. The lowest BCUT2D eigenvalue weighted by atomic mass is 10.1. The topological polar surface area (TPSA) is 97.7 Å². The fourth-order valence-corrected chi connectivity index (χ4v) is 6.70. The van der Waals surface area contributed by atoms with Crippen molar-refractivity contribution in [1.29, 1.82) is 0 Å². The van der Waals surface area contributed by atoms with Crippen LogP contribution < -0.4 is 19.2 Å². The number of fused-ring (bicyclic) bond motifs is 2. The van der Waals surface area contributed by atoms with E-state index in [9.17, 15) is 18.0 Å². The van der Waals surface area contributed by atoms with E-state index in [1.807, 2.05) is 26.8 Å². The van der Waals surface area contributed by atoms with E-state index in [4.69, 9.17) is 4.74 Å². The lowest BCUT2D eigenvalue weighted by Gasteiger charge is -2.35. The Morgan fingerprint density at radius 3 is 2.50 bits per heavy atom. The Kier molecular flexibility index (Phi) is 6.09. The van der Waals surface area contributed by atoms with Gasteiger partial charge >= 0.3 is 4.87 Å². The third-order valence-electron chi connectivity index (χ3n) is 6.14. The Hall–Kier alpha value is -3.63. The SMILES string of the molecule is CCn1c(=O)sc2cc(NC(=O)C3CN(S(=O)(=O)c4ccc(C)cc4)c4ccc(C)cc4O3)ccc21. The van der Waals surface area contributed by atoms with Crippen LogP contribution in [0.2, 0.25) is 0 Å². The van der Waals surface area contributed by atoms with Crippen molar-refractivity contribution in [2.75, 3.05) is 16.2 Å². The first kappa shape index (κ1) is 24.1. The lowest BCUT2D eigenvalue weighted by Crippen LogP contribution is -2.48. The molecule has 1 atom stereocenters. The van der Waals surface area contributed by atoms with Crippen LogP contribution in [0.3, 0.4) is 0 Å². The first-order valence-electron chi connectivity index (χ1n) is 11.5. The molecule has 1 aliphatic heterocycles. The zero-order valence-corrected chi connectivity index (χ0v) is 21.7. The lowest BCUT2D eigenvalue weighted by molar-refractivity contribution is -0.122. The average molecular weight is 524 g/mol. The van der Waals surface area contributed by atoms with E-state index in [0.29, 0.717) is 23.7 Å². The second-order valence-corrected chi connectivity index (χ2v) is 11.6. The molecular weight excluding hydrogens is 498 g/mol. The van der Waals surface area contributed by atoms with Crippen molar-refractivity contribution >= 4 is 48.9 Å². The van der Waals surface area contributed by atoms with Gasteiger partial charge in [-0.15, -0.1) is 0 Å². The molecule has 0 bridgehead atoms. The molecular formula is C26H25N3O5S2. The van der Waals surface area contributed by atoms with Crippen LogP contribution in [0.4, 0.5) is 11.4 Å². The second kappa shape index (κ2) is 9.11. The third-order valence-corrected chi connectivity index (χ3v) is 8.87. The fourth-order valence-electron chi connectivity index (χ4n) is 4.23. The molecule has 0 fully saturated rings. The molecule has 36 heavy (non-hydrogen) atoms. The van der Waals surface area contributed by atoms with Gasteiger partial charge in [-0.25, -0.2) is 8.42 Å². The Bertz CT molecular complexity index is 1640. The predicted octanol–water partition coefficient (Wildman–Crippen LogP) is 4.29. The number of nitrogens with zero attached hydrogens (tertiary/aromatic N) is 2. The number of hydrogen-bond donors (Lipinski definition) is 1. The normalized spacial score (nSPS) is 15.4. The molecule has 10 heteroatoms. The van der Waals surface area contributed by atoms with Gasteiger partial charge in [-0.3, -0.25) is 18.5 Å². The minimum absolute atomic E-state index is 0.0597. The van der Waals surface area contributed by atoms with Gasteiger partial charge in [0.1, 0.15) is 5.75 Å². The first-order valence-corrected chi connectivity index (χ1v) is 13.7. The van der Waals surface area contributed by atoms with Crippen molar-refractivity contribution in [3.8, 4) is 5.75 Å². The van der Waals surface area contributed by atoms with Crippen LogP contribution in [0.1, 0.15) is 18.1 Å². The van der Waals surface area contributed by atoms with Gasteiger partial charge in [0.2, 0.25) is 0 Å². The number of aryl methyl sites for hydroxylation is 3. The zero-order chi connectivity index (χ0) is 25.6. The van der Waals surface area contributed by atoms with E-state index in [2.05, 4.69) is 5.32 Å². The van der Waals surface area contributed by atoms with Crippen LogP contribution in [0.25, 0.3) is 10.2 Å². The maximum atomic E-state index is 13.6. The van der Waals surface area contributed by atoms with Crippen molar-refractivity contribution in [3.05, 3.63) is 81.5 Å². The number of aromatic nitrogens is 1. The summed E-state index contributed by atoms with van der Waals surface area (Å²) >= 11 is 1.11. The summed E-state index contributed by atoms with van der Waals surface area (Å²) in [6.45, 7) is 6.04. The number of amides is 1. The third kappa shape index (κ3) is 4.27. The summed E-state index contributed by atoms with van der Waals surface area (Å²) in [5, 5.41) is 2.83. The Morgan fingerprint density at radius 2 is 1.78 bits per heavy atom. The quantitative estimate of drug-likeness (QED) is 0.421. The number of carbonyl (C=O) groups is 1. The minimum Gasteiger partial charge on any atom is -0.476 e. The van der Waals surface area contributed by atoms with Gasteiger partial charge in [0.15, 0.2) is 6.10 Å². The molecule has 1 aliphatic rings. The standard InChI is InChI=1S/C26H25N3O5S2/c1-4-28-21-12-8-18(14-24(21)35-26(28)31)27-25(30)23-15-29(20-11-7-17(3)13-22(20)34-23)36(32,33)19-9-5-16(2)6-10-19/h5-14,23H,4,15H2,1-3H3,(H,27,30). The Labute approximate surface area is 212 Å². The van der Waals surface area contributed by atoms with Crippen molar-refractivity contribution in [2.45, 2.75) is 38.3 Å². The van der Waals surface area contributed by atoms with Gasteiger partial charge in [-0.05, 0) is 68.8 Å². The maximum absolute atomic E-state index is 13.6. The molecule has 0 saturated carbocycles. The number of thiazole rings is 1. The number of benzene rings is 3. The molecule has 0 saturated heterocycles. The first-order chi connectivity index (χ1) is 17.2. The largest absolute Gasteiger partial charge is 0.476 e. The number of nitrogens with one attached hydrogen (secondary N) is 1. The molecule has 8 nitrogen and oxygen atoms in total. The van der Waals surface area contributed by atoms with Crippen LogP contribution in [-0.4, -0.2) is 31.5 Å². The van der Waals surface area contributed by atoms with Crippen LogP contribution in [0.5, 0.6) is 5.75 Å². The number of carbonyl (C=O) groups excluding carboxylic acids is 1. The number of sulfonamides is 1. The van der Waals surface area contributed by atoms with Crippen molar-refractivity contribution in [3.63, 3.8) is 0 Å². The summed E-state index contributed by atoms with van der Waals surface area (Å²) in [6, 6.07) is 17.1. The Morgan fingerprint density at radius 1 is 1.06 bits per heavy atom. The van der Waals surface area contributed by atoms with Crippen LogP contribution in [0, 0.1) is 13.8 Å². The summed E-state index contributed by atoms with van der Waals surface area (Å²) < 4.78 is 36.8. The molecule has 0 radical (unpaired) electrons. The van der Waals surface area contributed by atoms with E-state index < -0.39 is 22.0 Å². The van der Waals surface area contributed by atoms with Gasteiger partial charge in [0, 0.05) is 12.2 Å². The van der Waals surface area contributed by atoms with E-state index in [1.165, 1.54) is 4.31 Å². The van der Waals surface area contributed by atoms with Crippen LogP contribution in [0.15, 0.2) is 70.4 Å². The highest BCUT2D eigenvalue weighted by Crippen LogP contribution is 2.38. The summed E-state index contributed by atoms with van der Waals surface area (Å²) in [5.74, 6) is -0.154. The number of rotatable bonds is 5. The summed E-state index contributed by atoms with van der Waals surface area (Å²) in [7, 11) is -3.94.